The highest BCUT2D eigenvalue weighted by Gasteiger charge is 2.22. The highest BCUT2D eigenvalue weighted by atomic mass is 16.5. The van der Waals surface area contributed by atoms with E-state index >= 15 is 0 Å². The van der Waals surface area contributed by atoms with Crippen LogP contribution in [0.4, 0.5) is 11.6 Å². The van der Waals surface area contributed by atoms with Gasteiger partial charge in [-0.3, -0.25) is 5.41 Å². The molecule has 0 amide bonds. The van der Waals surface area contributed by atoms with Gasteiger partial charge in [0.25, 0.3) is 0 Å². The van der Waals surface area contributed by atoms with Crippen molar-refractivity contribution >= 4 is 17.3 Å². The molecule has 2 aromatic carbocycles. The summed E-state index contributed by atoms with van der Waals surface area (Å²) in [6.07, 6.45) is 1.41. The van der Waals surface area contributed by atoms with Crippen molar-refractivity contribution in [1.82, 2.24) is 15.3 Å². The van der Waals surface area contributed by atoms with Gasteiger partial charge in [-0.25, -0.2) is 9.97 Å². The highest BCUT2D eigenvalue weighted by Crippen LogP contribution is 2.25. The lowest BCUT2D eigenvalue weighted by Crippen LogP contribution is -2.51. The first-order valence-electron chi connectivity index (χ1n) is 8.70. The Morgan fingerprint density at radius 1 is 1.04 bits per heavy atom. The van der Waals surface area contributed by atoms with Crippen LogP contribution in [-0.4, -0.2) is 34.8 Å². The molecule has 0 saturated carbocycles. The van der Waals surface area contributed by atoms with E-state index in [-0.39, 0.29) is 17.6 Å². The van der Waals surface area contributed by atoms with Gasteiger partial charge in [-0.2, -0.15) is 0 Å². The molecule has 3 aromatic rings. The first-order chi connectivity index (χ1) is 13.2. The highest BCUT2D eigenvalue weighted by molar-refractivity contribution is 6.16. The summed E-state index contributed by atoms with van der Waals surface area (Å²) in [5.74, 6) is 2.34. The summed E-state index contributed by atoms with van der Waals surface area (Å²) in [6.45, 7) is 1.73. The number of rotatable bonds is 6. The summed E-state index contributed by atoms with van der Waals surface area (Å²) in [6, 6.07) is 17.2. The average Bonchev–Trinajstić information content (AvgIpc) is 2.66. The molecular formula is C20H20N6O. The van der Waals surface area contributed by atoms with E-state index in [1.54, 1.807) is 0 Å². The lowest BCUT2D eigenvalue weighted by molar-refractivity contribution is 0.471. The lowest BCUT2D eigenvalue weighted by Gasteiger charge is -2.29. The number of hydrogen-bond acceptors (Lipinski definition) is 7. The number of hydrogen-bond donors (Lipinski definition) is 4. The van der Waals surface area contributed by atoms with E-state index in [1.165, 1.54) is 6.33 Å². The zero-order valence-corrected chi connectivity index (χ0v) is 14.6. The summed E-state index contributed by atoms with van der Waals surface area (Å²) in [4.78, 5) is 8.34. The van der Waals surface area contributed by atoms with Gasteiger partial charge in [-0.05, 0) is 36.4 Å². The van der Waals surface area contributed by atoms with Gasteiger partial charge in [-0.15, -0.1) is 0 Å². The van der Waals surface area contributed by atoms with Crippen LogP contribution in [0.15, 0.2) is 60.9 Å². The molecular weight excluding hydrogens is 340 g/mol. The molecule has 4 rings (SSSR count). The largest absolute Gasteiger partial charge is 0.457 e. The molecule has 0 spiro atoms. The Morgan fingerprint density at radius 2 is 1.74 bits per heavy atom. The van der Waals surface area contributed by atoms with Gasteiger partial charge in [0.05, 0.1) is 17.3 Å². The monoisotopic (exact) mass is 360 g/mol. The average molecular weight is 360 g/mol. The predicted molar refractivity (Wildman–Crippen MR) is 106 cm³/mol. The lowest BCUT2D eigenvalue weighted by atomic mass is 10.0. The van der Waals surface area contributed by atoms with Gasteiger partial charge in [0, 0.05) is 18.7 Å². The third-order valence-electron chi connectivity index (χ3n) is 4.37. The standard InChI is InChI=1S/C20H20N6O/c21-18(17-19(22)24-12-25-20(17)26-14-10-23-11-14)13-6-8-16(9-7-13)27-15-4-2-1-3-5-15/h1-9,12,14,21,23H,10-11H2,(H3,22,24,25,26). The Balaban J connectivity index is 1.56. The molecule has 1 aliphatic heterocycles. The van der Waals surface area contributed by atoms with Crippen LogP contribution in [0.2, 0.25) is 0 Å². The molecule has 1 aromatic heterocycles. The van der Waals surface area contributed by atoms with Crippen molar-refractivity contribution in [2.45, 2.75) is 6.04 Å². The zero-order chi connectivity index (χ0) is 18.6. The number of benzene rings is 2. The third kappa shape index (κ3) is 3.73. The molecule has 1 fully saturated rings. The van der Waals surface area contributed by atoms with Gasteiger partial charge in [0.1, 0.15) is 29.5 Å². The van der Waals surface area contributed by atoms with Gasteiger partial charge in [-0.1, -0.05) is 18.2 Å². The maximum absolute atomic E-state index is 8.61. The van der Waals surface area contributed by atoms with Crippen molar-refractivity contribution in [3.05, 3.63) is 72.1 Å². The molecule has 7 heteroatoms. The second-order valence-corrected chi connectivity index (χ2v) is 6.30. The first-order valence-corrected chi connectivity index (χ1v) is 8.70. The van der Waals surface area contributed by atoms with Crippen LogP contribution in [0.5, 0.6) is 11.5 Å². The first kappa shape index (κ1) is 17.0. The summed E-state index contributed by atoms with van der Waals surface area (Å²) in [5, 5.41) is 15.1. The van der Waals surface area contributed by atoms with Crippen LogP contribution >= 0.6 is 0 Å². The van der Waals surface area contributed by atoms with E-state index in [4.69, 9.17) is 15.9 Å². The predicted octanol–water partition coefficient (Wildman–Crippen LogP) is 2.65. The van der Waals surface area contributed by atoms with E-state index in [9.17, 15) is 0 Å². The van der Waals surface area contributed by atoms with E-state index in [2.05, 4.69) is 20.6 Å². The fourth-order valence-electron chi connectivity index (χ4n) is 2.80. The quantitative estimate of drug-likeness (QED) is 0.503. The third-order valence-corrected chi connectivity index (χ3v) is 4.37. The zero-order valence-electron chi connectivity index (χ0n) is 14.6. The topological polar surface area (TPSA) is 109 Å². The van der Waals surface area contributed by atoms with Gasteiger partial charge in [0.15, 0.2) is 0 Å². The molecule has 2 heterocycles. The van der Waals surface area contributed by atoms with Crippen LogP contribution in [-0.2, 0) is 0 Å². The molecule has 0 unspecified atom stereocenters. The fourth-order valence-corrected chi connectivity index (χ4v) is 2.80. The molecule has 5 N–H and O–H groups in total. The second-order valence-electron chi connectivity index (χ2n) is 6.30. The van der Waals surface area contributed by atoms with E-state index < -0.39 is 0 Å². The van der Waals surface area contributed by atoms with Gasteiger partial charge in [0.2, 0.25) is 0 Å². The Kier molecular flexibility index (Phi) is 4.67. The van der Waals surface area contributed by atoms with Crippen LogP contribution in [0.1, 0.15) is 11.1 Å². The molecule has 0 atom stereocenters. The minimum absolute atomic E-state index is 0.272. The summed E-state index contributed by atoms with van der Waals surface area (Å²) in [7, 11) is 0. The number of anilines is 2. The molecule has 1 aliphatic rings. The maximum Gasteiger partial charge on any atom is 0.141 e. The minimum Gasteiger partial charge on any atom is -0.457 e. The van der Waals surface area contributed by atoms with Crippen LogP contribution < -0.4 is 21.1 Å². The minimum atomic E-state index is 0.272. The normalized spacial score (nSPS) is 13.6. The Labute approximate surface area is 157 Å². The number of nitrogens with two attached hydrogens (primary N) is 1. The van der Waals surface area contributed by atoms with Gasteiger partial charge < -0.3 is 21.1 Å². The molecule has 7 nitrogen and oxygen atoms in total. The number of nitrogens with one attached hydrogen (secondary N) is 3. The second kappa shape index (κ2) is 7.43. The van der Waals surface area contributed by atoms with Crippen molar-refractivity contribution in [3.8, 4) is 11.5 Å². The van der Waals surface area contributed by atoms with Crippen molar-refractivity contribution < 1.29 is 4.74 Å². The van der Waals surface area contributed by atoms with Crippen LogP contribution in [0.3, 0.4) is 0 Å². The van der Waals surface area contributed by atoms with Crippen molar-refractivity contribution in [2.24, 2.45) is 0 Å². The van der Waals surface area contributed by atoms with Crippen LogP contribution in [0, 0.1) is 5.41 Å². The van der Waals surface area contributed by atoms with Gasteiger partial charge >= 0.3 is 0 Å². The summed E-state index contributed by atoms with van der Waals surface area (Å²) < 4.78 is 5.80. The smallest absolute Gasteiger partial charge is 0.141 e. The number of ether oxygens (including phenoxy) is 1. The fraction of sp³-hybridized carbons (Fsp3) is 0.150. The molecule has 0 radical (unpaired) electrons. The van der Waals surface area contributed by atoms with Crippen molar-refractivity contribution in [1.29, 1.82) is 5.41 Å². The summed E-state index contributed by atoms with van der Waals surface area (Å²) in [5.41, 5.74) is 7.56. The molecule has 27 heavy (non-hydrogen) atoms. The molecule has 1 saturated heterocycles. The van der Waals surface area contributed by atoms with E-state index in [1.807, 2.05) is 54.6 Å². The van der Waals surface area contributed by atoms with Crippen molar-refractivity contribution in [3.63, 3.8) is 0 Å². The Bertz CT molecular complexity index is 938. The van der Waals surface area contributed by atoms with E-state index in [0.717, 1.165) is 18.8 Å². The van der Waals surface area contributed by atoms with Crippen LogP contribution in [0.25, 0.3) is 0 Å². The van der Waals surface area contributed by atoms with Crippen molar-refractivity contribution in [2.75, 3.05) is 24.1 Å². The number of aromatic nitrogens is 2. The molecule has 136 valence electrons. The maximum atomic E-state index is 8.61. The Hall–Kier alpha value is -3.45. The SMILES string of the molecule is N=C(c1ccc(Oc2ccccc2)cc1)c1c(N)ncnc1NC1CNC1. The number of nitrogens with zero attached hydrogens (tertiary/aromatic N) is 2. The Morgan fingerprint density at radius 3 is 2.41 bits per heavy atom. The summed E-state index contributed by atoms with van der Waals surface area (Å²) >= 11 is 0. The van der Waals surface area contributed by atoms with E-state index in [0.29, 0.717) is 22.7 Å². The molecule has 0 aliphatic carbocycles. The number of para-hydroxylation sites is 1. The molecule has 0 bridgehead atoms. The number of nitrogen functional groups attached to an aromatic ring is 1.